The van der Waals surface area contributed by atoms with E-state index in [-0.39, 0.29) is 5.97 Å². The molecule has 0 N–H and O–H groups in total. The second-order valence-electron chi connectivity index (χ2n) is 7.52. The van der Waals surface area contributed by atoms with Crippen molar-refractivity contribution in [1.29, 1.82) is 0 Å². The Bertz CT molecular complexity index is 391. The number of esters is 1. The average molecular weight is 363 g/mol. The maximum atomic E-state index is 11.3. The minimum atomic E-state index is -0.270. The predicted octanol–water partition coefficient (Wildman–Crippen LogP) is 7.56. The molecule has 0 amide bonds. The van der Waals surface area contributed by atoms with Crippen LogP contribution in [0.2, 0.25) is 0 Å². The number of allylic oxidation sites excluding steroid dienone is 5. The van der Waals surface area contributed by atoms with Gasteiger partial charge in [-0.05, 0) is 18.8 Å². The highest BCUT2D eigenvalue weighted by molar-refractivity contribution is 5.82. The molecule has 2 nitrogen and oxygen atoms in total. The van der Waals surface area contributed by atoms with Gasteiger partial charge >= 0.3 is 5.97 Å². The Morgan fingerprint density at radius 2 is 1.31 bits per heavy atom. The molecule has 0 bridgehead atoms. The summed E-state index contributed by atoms with van der Waals surface area (Å²) >= 11 is 0. The van der Waals surface area contributed by atoms with Gasteiger partial charge < -0.3 is 4.74 Å². The van der Waals surface area contributed by atoms with Crippen LogP contribution >= 0.6 is 0 Å². The molecule has 0 fully saturated rings. The van der Waals surface area contributed by atoms with Crippen LogP contribution in [0.5, 0.6) is 0 Å². The van der Waals surface area contributed by atoms with Gasteiger partial charge in [0.05, 0.1) is 6.61 Å². The van der Waals surface area contributed by atoms with Crippen molar-refractivity contribution in [2.24, 2.45) is 5.92 Å². The van der Waals surface area contributed by atoms with Gasteiger partial charge in [0.2, 0.25) is 0 Å². The van der Waals surface area contributed by atoms with E-state index in [0.29, 0.717) is 12.5 Å². The number of carbonyl (C=O) groups is 1. The Hall–Kier alpha value is -1.31. The van der Waals surface area contributed by atoms with Crippen LogP contribution in [0.15, 0.2) is 36.5 Å². The van der Waals surface area contributed by atoms with Crippen LogP contribution in [0.3, 0.4) is 0 Å². The van der Waals surface area contributed by atoms with Gasteiger partial charge in [-0.15, -0.1) is 0 Å². The molecular weight excluding hydrogens is 320 g/mol. The normalized spacial score (nSPS) is 12.2. The van der Waals surface area contributed by atoms with Crippen molar-refractivity contribution in [3.8, 4) is 0 Å². The molecular formula is C24H42O2. The summed E-state index contributed by atoms with van der Waals surface area (Å²) in [5.74, 6) is 0.106. The van der Waals surface area contributed by atoms with Crippen LogP contribution in [-0.4, -0.2) is 12.6 Å². The van der Waals surface area contributed by atoms with E-state index in [1.807, 2.05) is 26.0 Å². The van der Waals surface area contributed by atoms with Crippen LogP contribution in [0.4, 0.5) is 0 Å². The summed E-state index contributed by atoms with van der Waals surface area (Å²) in [5, 5.41) is 0. The van der Waals surface area contributed by atoms with Crippen LogP contribution in [0, 0.1) is 5.92 Å². The third-order valence-electron chi connectivity index (χ3n) is 4.23. The molecule has 0 unspecified atom stereocenters. The molecule has 0 rings (SSSR count). The van der Waals surface area contributed by atoms with Crippen molar-refractivity contribution in [2.45, 2.75) is 97.8 Å². The third kappa shape index (κ3) is 20.7. The zero-order valence-corrected chi connectivity index (χ0v) is 17.6. The summed E-state index contributed by atoms with van der Waals surface area (Å²) < 4.78 is 5.05. The Morgan fingerprint density at radius 3 is 1.88 bits per heavy atom. The molecule has 0 heterocycles. The number of carbonyl (C=O) groups excluding carboxylic acids is 1. The molecule has 0 saturated carbocycles. The Kier molecular flexibility index (Phi) is 19.0. The summed E-state index contributed by atoms with van der Waals surface area (Å²) in [4.78, 5) is 11.3. The van der Waals surface area contributed by atoms with E-state index in [9.17, 15) is 4.79 Å². The fraction of sp³-hybridized carbons (Fsp3) is 0.708. The van der Waals surface area contributed by atoms with Crippen LogP contribution in [0.25, 0.3) is 0 Å². The van der Waals surface area contributed by atoms with E-state index in [2.05, 4.69) is 19.1 Å². The topological polar surface area (TPSA) is 26.3 Å². The lowest BCUT2D eigenvalue weighted by molar-refractivity contribution is -0.138. The molecule has 26 heavy (non-hydrogen) atoms. The molecule has 0 radical (unpaired) electrons. The molecule has 0 aliphatic carbocycles. The first-order valence-corrected chi connectivity index (χ1v) is 10.8. The third-order valence-corrected chi connectivity index (χ3v) is 4.23. The Morgan fingerprint density at radius 1 is 0.769 bits per heavy atom. The average Bonchev–Trinajstić information content (AvgIpc) is 2.62. The summed E-state index contributed by atoms with van der Waals surface area (Å²) in [6.07, 6.45) is 27.7. The highest BCUT2D eigenvalue weighted by Gasteiger charge is 1.98. The van der Waals surface area contributed by atoms with E-state index < -0.39 is 0 Å². The van der Waals surface area contributed by atoms with Crippen molar-refractivity contribution in [1.82, 2.24) is 0 Å². The first kappa shape index (κ1) is 24.7. The fourth-order valence-electron chi connectivity index (χ4n) is 2.66. The molecule has 0 aromatic carbocycles. The second-order valence-corrected chi connectivity index (χ2v) is 7.52. The number of rotatable bonds is 17. The molecule has 2 heteroatoms. The molecule has 150 valence electrons. The zero-order valence-electron chi connectivity index (χ0n) is 17.6. The molecule has 0 aromatic rings. The minimum Gasteiger partial charge on any atom is -0.462 e. The highest BCUT2D eigenvalue weighted by Crippen LogP contribution is 2.12. The monoisotopic (exact) mass is 362 g/mol. The van der Waals surface area contributed by atoms with Gasteiger partial charge in [0.1, 0.15) is 0 Å². The van der Waals surface area contributed by atoms with Crippen LogP contribution in [0.1, 0.15) is 97.8 Å². The van der Waals surface area contributed by atoms with Gasteiger partial charge in [0, 0.05) is 6.08 Å². The minimum absolute atomic E-state index is 0.270. The number of hydrogen-bond acceptors (Lipinski definition) is 2. The Labute approximate surface area is 162 Å². The lowest BCUT2D eigenvalue weighted by Gasteiger charge is -2.03. The Balaban J connectivity index is 3.38. The van der Waals surface area contributed by atoms with Gasteiger partial charge in [-0.3, -0.25) is 0 Å². The van der Waals surface area contributed by atoms with E-state index in [4.69, 9.17) is 4.74 Å². The smallest absolute Gasteiger partial charge is 0.330 e. The maximum absolute atomic E-state index is 11.3. The van der Waals surface area contributed by atoms with E-state index >= 15 is 0 Å². The van der Waals surface area contributed by atoms with Gasteiger partial charge in [0.15, 0.2) is 0 Å². The second kappa shape index (κ2) is 20.0. The van der Waals surface area contributed by atoms with E-state index in [1.54, 1.807) is 6.08 Å². The molecule has 0 aliphatic rings. The highest BCUT2D eigenvalue weighted by atomic mass is 16.5. The van der Waals surface area contributed by atoms with Gasteiger partial charge in [-0.1, -0.05) is 115 Å². The molecule has 0 spiro atoms. The fourth-order valence-corrected chi connectivity index (χ4v) is 2.66. The molecule has 0 aliphatic heterocycles. The lowest BCUT2D eigenvalue weighted by atomic mass is 10.1. The zero-order chi connectivity index (χ0) is 19.3. The van der Waals surface area contributed by atoms with Gasteiger partial charge in [0.25, 0.3) is 0 Å². The summed E-state index contributed by atoms with van der Waals surface area (Å²) in [6.45, 7) is 6.80. The number of unbranched alkanes of at least 4 members (excludes halogenated alkanes) is 11. The number of ether oxygens (including phenoxy) is 1. The predicted molar refractivity (Wildman–Crippen MR) is 114 cm³/mol. The van der Waals surface area contributed by atoms with Crippen molar-refractivity contribution in [3.63, 3.8) is 0 Å². The van der Waals surface area contributed by atoms with Crippen LogP contribution in [-0.2, 0) is 9.53 Å². The first-order valence-electron chi connectivity index (χ1n) is 10.8. The maximum Gasteiger partial charge on any atom is 0.330 e. The molecule has 0 aromatic heterocycles. The first-order chi connectivity index (χ1) is 12.7. The van der Waals surface area contributed by atoms with Crippen molar-refractivity contribution in [3.05, 3.63) is 36.5 Å². The molecule has 0 atom stereocenters. The van der Waals surface area contributed by atoms with E-state index in [0.717, 1.165) is 6.42 Å². The summed E-state index contributed by atoms with van der Waals surface area (Å²) in [7, 11) is 0. The summed E-state index contributed by atoms with van der Waals surface area (Å²) in [5.41, 5.74) is 0. The van der Waals surface area contributed by atoms with E-state index in [1.165, 1.54) is 76.7 Å². The SMILES string of the molecule is CCCCCCCCCCCCCC=CC=CC=CC(=O)OCC(C)C. The standard InChI is InChI=1S/C24H42O2/c1-4-5-6-7-8-9-10-11-12-13-14-15-16-17-18-19-20-21-24(25)26-22-23(2)3/h16-21,23H,4-15,22H2,1-3H3. The van der Waals surface area contributed by atoms with Crippen molar-refractivity contribution < 1.29 is 9.53 Å². The van der Waals surface area contributed by atoms with Gasteiger partial charge in [-0.25, -0.2) is 4.79 Å². The quantitative estimate of drug-likeness (QED) is 0.115. The lowest BCUT2D eigenvalue weighted by Crippen LogP contribution is -2.06. The molecule has 0 saturated heterocycles. The van der Waals surface area contributed by atoms with Gasteiger partial charge in [-0.2, -0.15) is 0 Å². The summed E-state index contributed by atoms with van der Waals surface area (Å²) in [6, 6.07) is 0. The van der Waals surface area contributed by atoms with Crippen molar-refractivity contribution >= 4 is 5.97 Å². The van der Waals surface area contributed by atoms with Crippen LogP contribution < -0.4 is 0 Å². The number of hydrogen-bond donors (Lipinski definition) is 0. The largest absolute Gasteiger partial charge is 0.462 e. The van der Waals surface area contributed by atoms with Crippen molar-refractivity contribution in [2.75, 3.05) is 6.61 Å².